The Bertz CT molecular complexity index is 698. The topological polar surface area (TPSA) is 62.8 Å². The summed E-state index contributed by atoms with van der Waals surface area (Å²) in [5, 5.41) is 5.46. The van der Waals surface area contributed by atoms with Crippen LogP contribution < -0.4 is 10.6 Å². The molecule has 0 heterocycles. The van der Waals surface area contributed by atoms with Crippen LogP contribution in [0.15, 0.2) is 48.5 Å². The van der Waals surface area contributed by atoms with Crippen molar-refractivity contribution in [3.05, 3.63) is 64.7 Å². The lowest BCUT2D eigenvalue weighted by Crippen LogP contribution is -2.86. The molecule has 0 radical (unpaired) electrons. The first-order valence-electron chi connectivity index (χ1n) is 7.45. The van der Waals surface area contributed by atoms with Gasteiger partial charge in [0.05, 0.1) is 0 Å². The minimum Gasteiger partial charge on any atom is -0.333 e. The number of amides is 1. The molecule has 0 saturated heterocycles. The lowest BCUT2D eigenvalue weighted by Gasteiger charge is -2.11. The van der Waals surface area contributed by atoms with E-state index in [-0.39, 0.29) is 17.7 Å². The number of quaternary nitrogens is 1. The third-order valence-electron chi connectivity index (χ3n) is 3.61. The van der Waals surface area contributed by atoms with E-state index in [1.54, 1.807) is 24.3 Å². The summed E-state index contributed by atoms with van der Waals surface area (Å²) in [6.07, 6.45) is 0. The standard InChI is InChI=1S/C18H19ClN2O2/c1-12(14-6-8-16(19)9-7-14)20-11-18(23)21-17-5-3-4-15(10-17)13(2)22/h3-10,12,20H,11H2,1-2H3,(H,21,23)/p+1/t12-/m1/s1. The number of rotatable bonds is 6. The number of ketones is 1. The number of halogens is 1. The molecule has 2 rings (SSSR count). The monoisotopic (exact) mass is 331 g/mol. The molecular weight excluding hydrogens is 312 g/mol. The molecule has 0 aliphatic carbocycles. The van der Waals surface area contributed by atoms with Crippen LogP contribution in [-0.4, -0.2) is 18.2 Å². The molecule has 0 saturated carbocycles. The van der Waals surface area contributed by atoms with Crippen molar-refractivity contribution in [1.82, 2.24) is 0 Å². The van der Waals surface area contributed by atoms with Gasteiger partial charge in [-0.2, -0.15) is 0 Å². The number of benzene rings is 2. The third kappa shape index (κ3) is 5.20. The minimum absolute atomic E-state index is 0.0241. The smallest absolute Gasteiger partial charge is 0.279 e. The molecule has 0 spiro atoms. The Morgan fingerprint density at radius 1 is 1.17 bits per heavy atom. The van der Waals surface area contributed by atoms with Crippen molar-refractivity contribution in [3.63, 3.8) is 0 Å². The van der Waals surface area contributed by atoms with Gasteiger partial charge in [0.15, 0.2) is 12.3 Å². The zero-order valence-corrected chi connectivity index (χ0v) is 13.9. The van der Waals surface area contributed by atoms with Crippen LogP contribution >= 0.6 is 11.6 Å². The fourth-order valence-corrected chi connectivity index (χ4v) is 2.34. The molecule has 120 valence electrons. The van der Waals surface area contributed by atoms with Crippen LogP contribution in [0.1, 0.15) is 35.8 Å². The maximum Gasteiger partial charge on any atom is 0.279 e. The van der Waals surface area contributed by atoms with Crippen molar-refractivity contribution in [3.8, 4) is 0 Å². The van der Waals surface area contributed by atoms with E-state index in [2.05, 4.69) is 5.32 Å². The zero-order valence-electron chi connectivity index (χ0n) is 13.2. The molecule has 0 unspecified atom stereocenters. The van der Waals surface area contributed by atoms with Crippen LogP contribution in [0.4, 0.5) is 5.69 Å². The van der Waals surface area contributed by atoms with Crippen molar-refractivity contribution >= 4 is 29.0 Å². The van der Waals surface area contributed by atoms with Crippen molar-refractivity contribution in [2.24, 2.45) is 0 Å². The van der Waals surface area contributed by atoms with Crippen LogP contribution in [0, 0.1) is 0 Å². The van der Waals surface area contributed by atoms with E-state index in [4.69, 9.17) is 11.6 Å². The Hall–Kier alpha value is -2.17. The number of anilines is 1. The van der Waals surface area contributed by atoms with Gasteiger partial charge in [0.2, 0.25) is 0 Å². The predicted octanol–water partition coefficient (Wildman–Crippen LogP) is 2.81. The van der Waals surface area contributed by atoms with Gasteiger partial charge in [-0.15, -0.1) is 0 Å². The second-order valence-corrected chi connectivity index (χ2v) is 5.90. The lowest BCUT2D eigenvalue weighted by molar-refractivity contribution is -0.682. The van der Waals surface area contributed by atoms with Crippen LogP contribution in [0.2, 0.25) is 5.02 Å². The van der Waals surface area contributed by atoms with Gasteiger partial charge >= 0.3 is 0 Å². The highest BCUT2D eigenvalue weighted by atomic mass is 35.5. The quantitative estimate of drug-likeness (QED) is 0.799. The van der Waals surface area contributed by atoms with Crippen LogP contribution in [0.3, 0.4) is 0 Å². The van der Waals surface area contributed by atoms with Crippen molar-refractivity contribution in [1.29, 1.82) is 0 Å². The molecule has 0 aliphatic rings. The maximum absolute atomic E-state index is 12.0. The van der Waals surface area contributed by atoms with Gasteiger partial charge < -0.3 is 10.6 Å². The number of Topliss-reactive ketones (excluding diaryl/α,β-unsaturated/α-hetero) is 1. The summed E-state index contributed by atoms with van der Waals surface area (Å²) in [6.45, 7) is 3.84. The fraction of sp³-hybridized carbons (Fsp3) is 0.222. The molecular formula is C18H20ClN2O2+. The Labute approximate surface area is 140 Å². The van der Waals surface area contributed by atoms with E-state index in [9.17, 15) is 9.59 Å². The Morgan fingerprint density at radius 2 is 1.87 bits per heavy atom. The summed E-state index contributed by atoms with van der Waals surface area (Å²) >= 11 is 5.87. The summed E-state index contributed by atoms with van der Waals surface area (Å²) in [5.74, 6) is -0.129. The Morgan fingerprint density at radius 3 is 2.52 bits per heavy atom. The lowest BCUT2D eigenvalue weighted by atomic mass is 10.1. The van der Waals surface area contributed by atoms with Crippen molar-refractivity contribution in [2.45, 2.75) is 19.9 Å². The molecule has 3 N–H and O–H groups in total. The summed E-state index contributed by atoms with van der Waals surface area (Å²) in [7, 11) is 0. The second-order valence-electron chi connectivity index (χ2n) is 5.47. The van der Waals surface area contributed by atoms with Gasteiger partial charge in [-0.3, -0.25) is 9.59 Å². The first-order valence-corrected chi connectivity index (χ1v) is 7.83. The summed E-state index contributed by atoms with van der Waals surface area (Å²) < 4.78 is 0. The molecule has 1 amide bonds. The van der Waals surface area contributed by atoms with E-state index in [0.717, 1.165) is 5.56 Å². The van der Waals surface area contributed by atoms with E-state index >= 15 is 0 Å². The molecule has 0 bridgehead atoms. The third-order valence-corrected chi connectivity index (χ3v) is 3.86. The summed E-state index contributed by atoms with van der Waals surface area (Å²) in [6, 6.07) is 14.7. The number of carbonyl (C=O) groups excluding carboxylic acids is 2. The SMILES string of the molecule is CC(=O)c1cccc(NC(=O)C[NH2+][C@H](C)c2ccc(Cl)cc2)c1. The molecule has 5 heteroatoms. The molecule has 0 aliphatic heterocycles. The molecule has 2 aromatic carbocycles. The Kier molecular flexibility index (Phi) is 5.90. The van der Waals surface area contributed by atoms with Crippen LogP contribution in [0.5, 0.6) is 0 Å². The number of nitrogens with two attached hydrogens (primary N) is 1. The van der Waals surface area contributed by atoms with Crippen molar-refractivity contribution < 1.29 is 14.9 Å². The number of hydrogen-bond acceptors (Lipinski definition) is 2. The van der Waals surface area contributed by atoms with Gasteiger partial charge in [-0.25, -0.2) is 0 Å². The molecule has 2 aromatic rings. The normalized spacial score (nSPS) is 11.8. The highest BCUT2D eigenvalue weighted by Crippen LogP contribution is 2.13. The first-order chi connectivity index (χ1) is 11.0. The fourth-order valence-electron chi connectivity index (χ4n) is 2.21. The largest absolute Gasteiger partial charge is 0.333 e. The minimum atomic E-state index is -0.105. The molecule has 0 fully saturated rings. The molecule has 1 atom stereocenters. The second kappa shape index (κ2) is 7.90. The molecule has 0 aromatic heterocycles. The first kappa shape index (κ1) is 17.2. The molecule has 23 heavy (non-hydrogen) atoms. The highest BCUT2D eigenvalue weighted by Gasteiger charge is 2.12. The van der Waals surface area contributed by atoms with E-state index < -0.39 is 0 Å². The zero-order chi connectivity index (χ0) is 16.8. The maximum atomic E-state index is 12.0. The number of carbonyl (C=O) groups is 2. The van der Waals surface area contributed by atoms with Crippen LogP contribution in [-0.2, 0) is 4.79 Å². The summed E-state index contributed by atoms with van der Waals surface area (Å²) in [4.78, 5) is 23.4. The van der Waals surface area contributed by atoms with Gasteiger partial charge in [-0.05, 0) is 38.1 Å². The van der Waals surface area contributed by atoms with Crippen molar-refractivity contribution in [2.75, 3.05) is 11.9 Å². The van der Waals surface area contributed by atoms with Gasteiger partial charge in [-0.1, -0.05) is 35.9 Å². The van der Waals surface area contributed by atoms with Gasteiger partial charge in [0.1, 0.15) is 6.04 Å². The molecule has 4 nitrogen and oxygen atoms in total. The van der Waals surface area contributed by atoms with E-state index in [1.807, 2.05) is 36.5 Å². The number of hydrogen-bond donors (Lipinski definition) is 2. The van der Waals surface area contributed by atoms with E-state index in [1.165, 1.54) is 6.92 Å². The summed E-state index contributed by atoms with van der Waals surface area (Å²) in [5.41, 5.74) is 2.33. The predicted molar refractivity (Wildman–Crippen MR) is 91.7 cm³/mol. The van der Waals surface area contributed by atoms with Gasteiger partial charge in [0, 0.05) is 21.8 Å². The average molecular weight is 332 g/mol. The van der Waals surface area contributed by atoms with Crippen LogP contribution in [0.25, 0.3) is 0 Å². The highest BCUT2D eigenvalue weighted by molar-refractivity contribution is 6.30. The average Bonchev–Trinajstić information content (AvgIpc) is 2.53. The van der Waals surface area contributed by atoms with E-state index in [0.29, 0.717) is 22.8 Å². The Balaban J connectivity index is 1.88. The van der Waals surface area contributed by atoms with Gasteiger partial charge in [0.25, 0.3) is 5.91 Å². The number of nitrogens with one attached hydrogen (secondary N) is 1.